The largest absolute Gasteiger partial charge is 0.370 e. The second-order valence-electron chi connectivity index (χ2n) is 9.31. The van der Waals surface area contributed by atoms with Gasteiger partial charge in [0.25, 0.3) is 5.91 Å². The molecule has 9 N–H and O–H groups in total. The number of benzene rings is 2. The number of nitrogens with one attached hydrogen (secondary N) is 3. The van der Waals surface area contributed by atoms with Gasteiger partial charge in [-0.3, -0.25) is 19.4 Å². The van der Waals surface area contributed by atoms with Crippen molar-refractivity contribution in [2.24, 2.45) is 22.2 Å². The molecule has 13 heteroatoms. The number of nitrogens with two attached hydrogens (primary N) is 3. The van der Waals surface area contributed by atoms with Crippen molar-refractivity contribution in [1.29, 1.82) is 0 Å². The molecule has 224 valence electrons. The van der Waals surface area contributed by atoms with Gasteiger partial charge in [-0.15, -0.1) is 24.8 Å². The summed E-state index contributed by atoms with van der Waals surface area (Å²) in [6, 6.07) is 14.6. The van der Waals surface area contributed by atoms with E-state index in [0.717, 1.165) is 47.5 Å². The topological polar surface area (TPSA) is 191 Å². The number of halogens is 2. The van der Waals surface area contributed by atoms with Gasteiger partial charge in [-0.05, 0) is 37.8 Å². The summed E-state index contributed by atoms with van der Waals surface area (Å²) in [5.74, 6) is -0.752. The first-order chi connectivity index (χ1) is 18.9. The van der Waals surface area contributed by atoms with Crippen LogP contribution in [0.5, 0.6) is 0 Å². The van der Waals surface area contributed by atoms with Crippen LogP contribution in [0.2, 0.25) is 0 Å². The maximum Gasteiger partial charge on any atom is 0.252 e. The molecule has 0 aliphatic rings. The lowest BCUT2D eigenvalue weighted by Crippen LogP contribution is -2.45. The van der Waals surface area contributed by atoms with E-state index in [9.17, 15) is 14.4 Å². The Morgan fingerprint density at radius 1 is 0.780 bits per heavy atom. The number of carbonyl (C=O) groups is 3. The molecule has 0 aliphatic heterocycles. The van der Waals surface area contributed by atoms with Gasteiger partial charge >= 0.3 is 0 Å². The summed E-state index contributed by atoms with van der Waals surface area (Å²) in [5, 5.41) is 10.1. The Labute approximate surface area is 252 Å². The number of fused-ring (bicyclic) bond motifs is 2. The quantitative estimate of drug-likeness (QED) is 0.0660. The molecule has 1 unspecified atom stereocenters. The fourth-order valence-electron chi connectivity index (χ4n) is 4.22. The number of aliphatic imine (C=N–C) groups is 1. The molecule has 3 rings (SSSR count). The van der Waals surface area contributed by atoms with Gasteiger partial charge in [-0.2, -0.15) is 0 Å². The number of guanidine groups is 1. The highest BCUT2D eigenvalue weighted by atomic mass is 35.5. The van der Waals surface area contributed by atoms with Crippen LogP contribution < -0.4 is 33.2 Å². The number of carbonyl (C=O) groups excluding carboxylic acids is 3. The zero-order chi connectivity index (χ0) is 28.0. The van der Waals surface area contributed by atoms with E-state index >= 15 is 0 Å². The van der Waals surface area contributed by atoms with Crippen LogP contribution in [0.15, 0.2) is 53.5 Å². The maximum absolute atomic E-state index is 13.1. The molecule has 2 aromatic carbocycles. The number of unbranched alkanes of at least 4 members (excludes halogenated alkanes) is 3. The van der Waals surface area contributed by atoms with Crippen LogP contribution in [-0.4, -0.2) is 60.9 Å². The third-order valence-electron chi connectivity index (χ3n) is 6.25. The predicted molar refractivity (Wildman–Crippen MR) is 168 cm³/mol. The van der Waals surface area contributed by atoms with E-state index < -0.39 is 6.04 Å². The highest BCUT2D eigenvalue weighted by molar-refractivity contribution is 6.16. The van der Waals surface area contributed by atoms with Crippen LogP contribution >= 0.6 is 24.8 Å². The minimum Gasteiger partial charge on any atom is -0.370 e. The van der Waals surface area contributed by atoms with Crippen molar-refractivity contribution in [3.63, 3.8) is 0 Å². The normalized spacial score (nSPS) is 11.0. The first kappa shape index (κ1) is 35.4. The van der Waals surface area contributed by atoms with E-state index in [2.05, 4.69) is 25.9 Å². The third kappa shape index (κ3) is 11.4. The molecular formula is C28H40Cl2N8O3. The van der Waals surface area contributed by atoms with Crippen LogP contribution in [0.25, 0.3) is 21.8 Å². The van der Waals surface area contributed by atoms with Gasteiger partial charge in [-0.25, -0.2) is 4.98 Å². The van der Waals surface area contributed by atoms with Crippen molar-refractivity contribution in [1.82, 2.24) is 20.9 Å². The minimum atomic E-state index is -0.719. The predicted octanol–water partition coefficient (Wildman–Crippen LogP) is 2.14. The number of rotatable bonds is 15. The minimum absolute atomic E-state index is 0. The number of para-hydroxylation sites is 2. The fraction of sp³-hybridized carbons (Fsp3) is 0.393. The lowest BCUT2D eigenvalue weighted by molar-refractivity contribution is -0.126. The number of amides is 3. The summed E-state index contributed by atoms with van der Waals surface area (Å²) < 4.78 is 0. The molecule has 0 aliphatic carbocycles. The van der Waals surface area contributed by atoms with Crippen LogP contribution in [-0.2, 0) is 9.59 Å². The van der Waals surface area contributed by atoms with E-state index in [-0.39, 0.29) is 55.0 Å². The van der Waals surface area contributed by atoms with Crippen molar-refractivity contribution in [3.05, 3.63) is 54.1 Å². The first-order valence-corrected chi connectivity index (χ1v) is 13.3. The number of hydrogen-bond donors (Lipinski definition) is 6. The van der Waals surface area contributed by atoms with Crippen LogP contribution in [0.1, 0.15) is 48.9 Å². The van der Waals surface area contributed by atoms with Gasteiger partial charge in [0.1, 0.15) is 0 Å². The SMILES string of the molecule is Cl.Cl.NC(N)=NCCCC(N)C(=O)NCC(=O)NCCCCCCNC(=O)c1c2ccccc2nc2ccccc12. The summed E-state index contributed by atoms with van der Waals surface area (Å²) in [7, 11) is 0. The molecule has 3 aromatic rings. The van der Waals surface area contributed by atoms with E-state index in [0.29, 0.717) is 38.0 Å². The number of pyridine rings is 1. The van der Waals surface area contributed by atoms with Crippen molar-refractivity contribution in [2.75, 3.05) is 26.2 Å². The molecule has 0 bridgehead atoms. The van der Waals surface area contributed by atoms with Gasteiger partial charge in [0, 0.05) is 30.4 Å². The average Bonchev–Trinajstić information content (AvgIpc) is 2.93. The van der Waals surface area contributed by atoms with Crippen LogP contribution in [0.4, 0.5) is 0 Å². The van der Waals surface area contributed by atoms with Crippen molar-refractivity contribution in [3.8, 4) is 0 Å². The smallest absolute Gasteiger partial charge is 0.252 e. The van der Waals surface area contributed by atoms with Gasteiger partial charge in [0.2, 0.25) is 11.8 Å². The Morgan fingerprint density at radius 2 is 1.34 bits per heavy atom. The summed E-state index contributed by atoms with van der Waals surface area (Å²) >= 11 is 0. The standard InChI is InChI=1S/C28H38N8O3.2ClH/c29-21(12-9-17-34-28(30)31)26(38)35-18-24(37)32-15-7-1-2-8-16-33-27(39)25-19-10-3-5-13-22(19)36-23-14-6-4-11-20(23)25;;/h3-6,10-11,13-14,21H,1-2,7-9,12,15-18,29H2,(H,32,37)(H,33,39)(H,35,38)(H4,30,31,34);2*1H. The van der Waals surface area contributed by atoms with Gasteiger partial charge in [0.05, 0.1) is 29.2 Å². The average molecular weight is 608 g/mol. The monoisotopic (exact) mass is 606 g/mol. The summed E-state index contributed by atoms with van der Waals surface area (Å²) in [6.45, 7) is 1.36. The lowest BCUT2D eigenvalue weighted by atomic mass is 10.0. The number of hydrogen-bond acceptors (Lipinski definition) is 6. The van der Waals surface area contributed by atoms with Crippen LogP contribution in [0, 0.1) is 0 Å². The van der Waals surface area contributed by atoms with E-state index in [1.807, 2.05) is 48.5 Å². The maximum atomic E-state index is 13.1. The molecule has 3 amide bonds. The molecule has 1 aromatic heterocycles. The Kier molecular flexibility index (Phi) is 16.1. The second-order valence-corrected chi connectivity index (χ2v) is 9.31. The first-order valence-electron chi connectivity index (χ1n) is 13.3. The van der Waals surface area contributed by atoms with Crippen molar-refractivity contribution >= 4 is 70.3 Å². The lowest BCUT2D eigenvalue weighted by Gasteiger charge is -2.12. The second kappa shape index (κ2) is 18.6. The summed E-state index contributed by atoms with van der Waals surface area (Å²) in [4.78, 5) is 45.6. The van der Waals surface area contributed by atoms with Gasteiger partial charge in [0.15, 0.2) is 5.96 Å². The molecule has 0 saturated heterocycles. The Morgan fingerprint density at radius 3 is 1.93 bits per heavy atom. The Hall–Kier alpha value is -3.67. The zero-order valence-electron chi connectivity index (χ0n) is 22.9. The molecule has 0 radical (unpaired) electrons. The summed E-state index contributed by atoms with van der Waals surface area (Å²) in [6.07, 6.45) is 4.44. The Balaban J connectivity index is 0.00000420. The van der Waals surface area contributed by atoms with E-state index in [1.165, 1.54) is 0 Å². The Bertz CT molecular complexity index is 1260. The van der Waals surface area contributed by atoms with E-state index in [4.69, 9.17) is 17.2 Å². The summed E-state index contributed by atoms with van der Waals surface area (Å²) in [5.41, 5.74) is 18.6. The molecular weight excluding hydrogens is 567 g/mol. The van der Waals surface area contributed by atoms with E-state index in [1.54, 1.807) is 0 Å². The molecule has 11 nitrogen and oxygen atoms in total. The molecule has 0 fully saturated rings. The number of aromatic nitrogens is 1. The van der Waals surface area contributed by atoms with Crippen molar-refractivity contribution in [2.45, 2.75) is 44.6 Å². The molecule has 0 spiro atoms. The van der Waals surface area contributed by atoms with Gasteiger partial charge in [-0.1, -0.05) is 49.2 Å². The third-order valence-corrected chi connectivity index (χ3v) is 6.25. The highest BCUT2D eigenvalue weighted by Gasteiger charge is 2.16. The van der Waals surface area contributed by atoms with Crippen LogP contribution in [0.3, 0.4) is 0 Å². The zero-order valence-corrected chi connectivity index (χ0v) is 24.6. The number of nitrogens with zero attached hydrogens (tertiary/aromatic N) is 2. The molecule has 1 atom stereocenters. The molecule has 0 saturated carbocycles. The van der Waals surface area contributed by atoms with Gasteiger partial charge < -0.3 is 33.2 Å². The fourth-order valence-corrected chi connectivity index (χ4v) is 4.22. The molecule has 1 heterocycles. The highest BCUT2D eigenvalue weighted by Crippen LogP contribution is 2.25. The molecule has 41 heavy (non-hydrogen) atoms. The van der Waals surface area contributed by atoms with Crippen molar-refractivity contribution < 1.29 is 14.4 Å².